The minimum absolute atomic E-state index is 0.453. The second kappa shape index (κ2) is 5.60. The maximum Gasteiger partial charge on any atom is 0.150 e. The smallest absolute Gasteiger partial charge is 0.150 e. The van der Waals surface area contributed by atoms with Gasteiger partial charge in [-0.3, -0.25) is 0 Å². The van der Waals surface area contributed by atoms with Crippen molar-refractivity contribution in [3.8, 4) is 0 Å². The van der Waals surface area contributed by atoms with Gasteiger partial charge in [0, 0.05) is 19.5 Å². The summed E-state index contributed by atoms with van der Waals surface area (Å²) < 4.78 is 2.37. The Kier molecular flexibility index (Phi) is 3.47. The summed E-state index contributed by atoms with van der Waals surface area (Å²) in [6.07, 6.45) is 5.97. The largest absolute Gasteiger partial charge is 0.312 e. The fourth-order valence-electron chi connectivity index (χ4n) is 3.33. The van der Waals surface area contributed by atoms with E-state index in [0.29, 0.717) is 6.04 Å². The Morgan fingerprint density at radius 1 is 1.10 bits per heavy atom. The van der Waals surface area contributed by atoms with Crippen molar-refractivity contribution in [3.63, 3.8) is 0 Å². The van der Waals surface area contributed by atoms with Crippen LogP contribution in [0.5, 0.6) is 0 Å². The van der Waals surface area contributed by atoms with Crippen molar-refractivity contribution in [1.29, 1.82) is 0 Å². The maximum absolute atomic E-state index is 4.48. The van der Waals surface area contributed by atoms with Crippen molar-refractivity contribution in [3.05, 3.63) is 47.5 Å². The lowest BCUT2D eigenvalue weighted by molar-refractivity contribution is 0.376. The lowest BCUT2D eigenvalue weighted by Crippen LogP contribution is -2.35. The van der Waals surface area contributed by atoms with Crippen LogP contribution in [0.25, 0.3) is 0 Å². The van der Waals surface area contributed by atoms with Gasteiger partial charge in [-0.05, 0) is 37.2 Å². The zero-order valence-corrected chi connectivity index (χ0v) is 12.3. The Labute approximate surface area is 125 Å². The molecule has 0 spiro atoms. The van der Waals surface area contributed by atoms with Crippen LogP contribution < -0.4 is 5.32 Å². The Morgan fingerprint density at radius 3 is 2.76 bits per heavy atom. The molecule has 1 N–H and O–H groups in total. The van der Waals surface area contributed by atoms with Gasteiger partial charge in [0.25, 0.3) is 0 Å². The molecule has 1 aromatic carbocycles. The van der Waals surface area contributed by atoms with Gasteiger partial charge in [-0.2, -0.15) is 0 Å². The molecule has 2 aliphatic rings. The van der Waals surface area contributed by atoms with Crippen LogP contribution in [0.15, 0.2) is 30.3 Å². The molecule has 4 rings (SSSR count). The van der Waals surface area contributed by atoms with E-state index in [1.807, 2.05) is 0 Å². The van der Waals surface area contributed by atoms with E-state index in [-0.39, 0.29) is 0 Å². The number of nitrogens with zero attached hydrogens (tertiary/aromatic N) is 3. The van der Waals surface area contributed by atoms with Gasteiger partial charge in [0.05, 0.1) is 6.04 Å². The van der Waals surface area contributed by atoms with E-state index in [2.05, 4.69) is 50.4 Å². The van der Waals surface area contributed by atoms with Crippen LogP contribution in [0.4, 0.5) is 0 Å². The van der Waals surface area contributed by atoms with Gasteiger partial charge in [-0.25, -0.2) is 0 Å². The summed E-state index contributed by atoms with van der Waals surface area (Å²) in [6.45, 7) is 2.07. The molecule has 1 aliphatic carbocycles. The average molecular weight is 282 g/mol. The fourth-order valence-corrected chi connectivity index (χ4v) is 3.33. The third kappa shape index (κ3) is 2.72. The van der Waals surface area contributed by atoms with Crippen molar-refractivity contribution in [2.75, 3.05) is 6.54 Å². The van der Waals surface area contributed by atoms with E-state index in [0.717, 1.165) is 38.3 Å². The highest BCUT2D eigenvalue weighted by molar-refractivity contribution is 5.15. The second-order valence-corrected chi connectivity index (χ2v) is 6.23. The van der Waals surface area contributed by atoms with E-state index >= 15 is 0 Å². The molecule has 1 aromatic heterocycles. The highest BCUT2D eigenvalue weighted by Gasteiger charge is 2.37. The van der Waals surface area contributed by atoms with Crippen molar-refractivity contribution < 1.29 is 0 Å². The van der Waals surface area contributed by atoms with E-state index in [1.165, 1.54) is 30.1 Å². The number of aryl methyl sites for hydroxylation is 2. The number of fused-ring (bicyclic) bond motifs is 1. The quantitative estimate of drug-likeness (QED) is 0.916. The van der Waals surface area contributed by atoms with E-state index in [9.17, 15) is 0 Å². The van der Waals surface area contributed by atoms with Crippen molar-refractivity contribution in [2.45, 2.75) is 44.7 Å². The summed E-state index contributed by atoms with van der Waals surface area (Å²) >= 11 is 0. The normalized spacial score (nSPS) is 21.2. The first-order valence-electron chi connectivity index (χ1n) is 8.11. The molecule has 0 radical (unpaired) electrons. The van der Waals surface area contributed by atoms with Crippen molar-refractivity contribution in [1.82, 2.24) is 20.1 Å². The number of rotatable bonds is 5. The van der Waals surface area contributed by atoms with Crippen LogP contribution in [-0.2, 0) is 19.4 Å². The lowest BCUT2D eigenvalue weighted by Gasteiger charge is -2.25. The Bertz CT molecular complexity index is 601. The van der Waals surface area contributed by atoms with E-state index < -0.39 is 0 Å². The Hall–Kier alpha value is -1.68. The van der Waals surface area contributed by atoms with Crippen molar-refractivity contribution in [2.24, 2.45) is 5.92 Å². The van der Waals surface area contributed by atoms with Crippen LogP contribution in [0.1, 0.15) is 42.5 Å². The number of benzene rings is 1. The highest BCUT2D eigenvalue weighted by Crippen LogP contribution is 2.41. The molecule has 1 atom stereocenters. The lowest BCUT2D eigenvalue weighted by atomic mass is 10.1. The van der Waals surface area contributed by atoms with Crippen LogP contribution >= 0.6 is 0 Å². The molecule has 2 heterocycles. The molecule has 0 bridgehead atoms. The molecule has 1 aliphatic heterocycles. The first-order chi connectivity index (χ1) is 10.4. The molecule has 2 aromatic rings. The summed E-state index contributed by atoms with van der Waals surface area (Å²) in [7, 11) is 0. The average Bonchev–Trinajstić information content (AvgIpc) is 3.29. The predicted molar refractivity (Wildman–Crippen MR) is 82.0 cm³/mol. The minimum atomic E-state index is 0.453. The summed E-state index contributed by atoms with van der Waals surface area (Å²) in [6, 6.07) is 11.1. The monoisotopic (exact) mass is 282 g/mol. The van der Waals surface area contributed by atoms with Gasteiger partial charge in [0.1, 0.15) is 5.82 Å². The first kappa shape index (κ1) is 13.0. The van der Waals surface area contributed by atoms with Gasteiger partial charge in [0.15, 0.2) is 5.82 Å². The number of hydrogen-bond acceptors (Lipinski definition) is 3. The Balaban J connectivity index is 1.42. The molecule has 1 saturated carbocycles. The summed E-state index contributed by atoms with van der Waals surface area (Å²) in [5, 5.41) is 12.5. The maximum atomic E-state index is 4.48. The minimum Gasteiger partial charge on any atom is -0.312 e. The third-order valence-electron chi connectivity index (χ3n) is 4.64. The number of hydrogen-bond donors (Lipinski definition) is 1. The Morgan fingerprint density at radius 2 is 1.95 bits per heavy atom. The van der Waals surface area contributed by atoms with Crippen molar-refractivity contribution >= 4 is 0 Å². The van der Waals surface area contributed by atoms with Crippen LogP contribution in [0.2, 0.25) is 0 Å². The zero-order valence-electron chi connectivity index (χ0n) is 12.3. The molecule has 4 nitrogen and oxygen atoms in total. The fraction of sp³-hybridized carbons (Fsp3) is 0.529. The molecule has 21 heavy (non-hydrogen) atoms. The molecule has 1 unspecified atom stereocenters. The molecular weight excluding hydrogens is 260 g/mol. The predicted octanol–water partition coefficient (Wildman–Crippen LogP) is 2.51. The van der Waals surface area contributed by atoms with Gasteiger partial charge >= 0.3 is 0 Å². The summed E-state index contributed by atoms with van der Waals surface area (Å²) in [4.78, 5) is 0. The molecule has 110 valence electrons. The third-order valence-corrected chi connectivity index (χ3v) is 4.64. The number of aromatic nitrogens is 3. The van der Waals surface area contributed by atoms with Gasteiger partial charge in [-0.15, -0.1) is 10.2 Å². The van der Waals surface area contributed by atoms with Gasteiger partial charge in [-0.1, -0.05) is 30.3 Å². The zero-order chi connectivity index (χ0) is 14.1. The van der Waals surface area contributed by atoms with Gasteiger partial charge < -0.3 is 9.88 Å². The van der Waals surface area contributed by atoms with Gasteiger partial charge in [0.2, 0.25) is 0 Å². The summed E-state index contributed by atoms with van der Waals surface area (Å²) in [5.74, 6) is 3.15. The van der Waals surface area contributed by atoms with Crippen LogP contribution in [0, 0.1) is 5.92 Å². The highest BCUT2D eigenvalue weighted by atomic mass is 15.3. The molecular formula is C17H22N4. The first-order valence-corrected chi connectivity index (χ1v) is 8.11. The van der Waals surface area contributed by atoms with E-state index in [4.69, 9.17) is 0 Å². The summed E-state index contributed by atoms with van der Waals surface area (Å²) in [5.41, 5.74) is 1.41. The molecule has 0 saturated heterocycles. The number of nitrogens with one attached hydrogen (secondary N) is 1. The SMILES string of the molecule is c1ccc(CCCc2nnc3n2CCNC3C2CC2)cc1. The van der Waals surface area contributed by atoms with Crippen LogP contribution in [0.3, 0.4) is 0 Å². The molecule has 0 amide bonds. The topological polar surface area (TPSA) is 42.7 Å². The molecule has 4 heteroatoms. The molecule has 1 fully saturated rings. The van der Waals surface area contributed by atoms with E-state index in [1.54, 1.807) is 0 Å². The van der Waals surface area contributed by atoms with Crippen LogP contribution in [-0.4, -0.2) is 21.3 Å². The second-order valence-electron chi connectivity index (χ2n) is 6.23. The standard InChI is InChI=1S/C17H22N4/c1-2-5-13(6-3-1)7-4-8-15-19-20-17-16(14-9-10-14)18-11-12-21(15)17/h1-3,5-6,14,16,18H,4,7-12H2.